The maximum atomic E-state index is 13.0. The fourth-order valence-corrected chi connectivity index (χ4v) is 5.06. The molecular weight excluding hydrogens is 444 g/mol. The first-order chi connectivity index (χ1) is 16.4. The Morgan fingerprint density at radius 1 is 1.29 bits per heavy atom. The van der Waals surface area contributed by atoms with Crippen LogP contribution < -0.4 is 10.2 Å². The highest BCUT2D eigenvalue weighted by molar-refractivity contribution is 7.17. The Labute approximate surface area is 205 Å². The van der Waals surface area contributed by atoms with Gasteiger partial charge in [-0.15, -0.1) is 11.3 Å². The van der Waals surface area contributed by atoms with Gasteiger partial charge in [0.15, 0.2) is 0 Å². The lowest BCUT2D eigenvalue weighted by Gasteiger charge is -2.17. The minimum atomic E-state index is -0.126. The molecule has 1 amide bonds. The minimum Gasteiger partial charge on any atom is -0.492 e. The lowest BCUT2D eigenvalue weighted by atomic mass is 9.99. The third-order valence-electron chi connectivity index (χ3n) is 5.83. The number of aromatic nitrogens is 1. The fourth-order valence-electron chi connectivity index (χ4n) is 4.11. The lowest BCUT2D eigenvalue weighted by molar-refractivity contribution is 0.0824. The third kappa shape index (κ3) is 5.82. The highest BCUT2D eigenvalue weighted by Crippen LogP contribution is 2.31. The molecule has 1 unspecified atom stereocenters. The molecule has 1 saturated heterocycles. The van der Waals surface area contributed by atoms with E-state index in [1.165, 1.54) is 16.9 Å². The van der Waals surface area contributed by atoms with E-state index in [1.807, 2.05) is 30.1 Å². The number of nitrogens with zero attached hydrogens (tertiary/aromatic N) is 3. The minimum absolute atomic E-state index is 0.126. The van der Waals surface area contributed by atoms with E-state index >= 15 is 0 Å². The number of benzene rings is 2. The Balaban J connectivity index is 1.41. The Kier molecular flexibility index (Phi) is 7.61. The molecule has 3 aromatic rings. The number of hydrogen-bond acceptors (Lipinski definition) is 6. The molecule has 1 N–H and O–H groups in total. The van der Waals surface area contributed by atoms with Gasteiger partial charge in [0.25, 0.3) is 5.91 Å². The van der Waals surface area contributed by atoms with Crippen molar-refractivity contribution in [1.29, 1.82) is 5.26 Å². The van der Waals surface area contributed by atoms with Crippen LogP contribution in [0.4, 0.5) is 0 Å². The van der Waals surface area contributed by atoms with Gasteiger partial charge in [-0.2, -0.15) is 5.26 Å². The molecule has 0 radical (unpaired) electrons. The maximum Gasteiger partial charge on any atom is 0.277 e. The van der Waals surface area contributed by atoms with E-state index in [9.17, 15) is 10.1 Å². The van der Waals surface area contributed by atoms with Crippen molar-refractivity contribution in [3.63, 3.8) is 0 Å². The number of aryl methyl sites for hydroxylation is 1. The van der Waals surface area contributed by atoms with Gasteiger partial charge in [0, 0.05) is 18.7 Å². The van der Waals surface area contributed by atoms with Gasteiger partial charge < -0.3 is 4.74 Å². The highest BCUT2D eigenvalue weighted by Gasteiger charge is 2.26. The van der Waals surface area contributed by atoms with E-state index in [4.69, 9.17) is 4.74 Å². The van der Waals surface area contributed by atoms with Gasteiger partial charge in [-0.3, -0.25) is 10.2 Å². The molecule has 0 bridgehead atoms. The SMILES string of the molecule is Cc1nc(-c2ccc(OCC(C)C)c(C#N)c2)sc1C(=O)NN1CCC(Cc2ccccc2)C1. The van der Waals surface area contributed by atoms with Crippen LogP contribution in [0.3, 0.4) is 0 Å². The maximum absolute atomic E-state index is 13.0. The molecule has 176 valence electrons. The molecule has 6 nitrogen and oxygen atoms in total. The number of nitrogens with one attached hydrogen (secondary N) is 1. The smallest absolute Gasteiger partial charge is 0.277 e. The van der Waals surface area contributed by atoms with Crippen molar-refractivity contribution in [3.8, 4) is 22.4 Å². The number of rotatable bonds is 8. The average Bonchev–Trinajstić information content (AvgIpc) is 3.44. The van der Waals surface area contributed by atoms with Crippen LogP contribution >= 0.6 is 11.3 Å². The molecule has 0 saturated carbocycles. The number of hydrogen-bond donors (Lipinski definition) is 1. The van der Waals surface area contributed by atoms with Crippen LogP contribution in [-0.4, -0.2) is 35.6 Å². The highest BCUT2D eigenvalue weighted by atomic mass is 32.1. The summed E-state index contributed by atoms with van der Waals surface area (Å²) in [5, 5.41) is 12.3. The van der Waals surface area contributed by atoms with E-state index in [0.717, 1.165) is 36.5 Å². The van der Waals surface area contributed by atoms with Crippen molar-refractivity contribution in [2.24, 2.45) is 11.8 Å². The summed E-state index contributed by atoms with van der Waals surface area (Å²) >= 11 is 1.35. The first kappa shape index (κ1) is 23.9. The van der Waals surface area contributed by atoms with Gasteiger partial charge in [0.1, 0.15) is 21.7 Å². The van der Waals surface area contributed by atoms with E-state index in [0.29, 0.717) is 40.3 Å². The first-order valence-corrected chi connectivity index (χ1v) is 12.5. The van der Waals surface area contributed by atoms with Crippen molar-refractivity contribution in [2.75, 3.05) is 19.7 Å². The summed E-state index contributed by atoms with van der Waals surface area (Å²) in [6, 6.07) is 18.2. The number of carbonyl (C=O) groups excluding carboxylic acids is 1. The zero-order chi connectivity index (χ0) is 24.1. The van der Waals surface area contributed by atoms with Gasteiger partial charge in [-0.05, 0) is 55.4 Å². The molecule has 1 fully saturated rings. The van der Waals surface area contributed by atoms with Crippen LogP contribution in [0, 0.1) is 30.1 Å². The Bertz CT molecular complexity index is 1180. The fraction of sp³-hybridized carbons (Fsp3) is 0.370. The topological polar surface area (TPSA) is 78.2 Å². The second-order valence-corrected chi connectivity index (χ2v) is 10.2. The molecule has 4 rings (SSSR count). The predicted octanol–water partition coefficient (Wildman–Crippen LogP) is 5.23. The largest absolute Gasteiger partial charge is 0.492 e. The number of nitriles is 1. The van der Waals surface area contributed by atoms with Crippen LogP contribution in [0.15, 0.2) is 48.5 Å². The summed E-state index contributed by atoms with van der Waals surface area (Å²) in [6.45, 7) is 8.22. The van der Waals surface area contributed by atoms with Crippen molar-refractivity contribution >= 4 is 17.2 Å². The Hall–Kier alpha value is -3.21. The van der Waals surface area contributed by atoms with Crippen molar-refractivity contribution in [2.45, 2.75) is 33.6 Å². The summed E-state index contributed by atoms with van der Waals surface area (Å²) < 4.78 is 5.76. The van der Waals surface area contributed by atoms with Crippen molar-refractivity contribution < 1.29 is 9.53 Å². The summed E-state index contributed by atoms with van der Waals surface area (Å²) in [7, 11) is 0. The molecule has 1 aromatic heterocycles. The second-order valence-electron chi connectivity index (χ2n) is 9.19. The number of ether oxygens (including phenoxy) is 1. The number of thiazole rings is 1. The molecule has 34 heavy (non-hydrogen) atoms. The molecule has 0 aliphatic carbocycles. The van der Waals surface area contributed by atoms with Gasteiger partial charge >= 0.3 is 0 Å². The summed E-state index contributed by atoms with van der Waals surface area (Å²) in [5.41, 5.74) is 6.37. The monoisotopic (exact) mass is 474 g/mol. The number of carbonyl (C=O) groups is 1. The Morgan fingerprint density at radius 3 is 2.82 bits per heavy atom. The quantitative estimate of drug-likeness (QED) is 0.483. The van der Waals surface area contributed by atoms with Crippen LogP contribution in [0.1, 0.15) is 46.8 Å². The van der Waals surface area contributed by atoms with E-state index < -0.39 is 0 Å². The molecule has 2 heterocycles. The molecule has 2 aromatic carbocycles. The zero-order valence-corrected chi connectivity index (χ0v) is 20.7. The molecule has 1 aliphatic heterocycles. The second kappa shape index (κ2) is 10.8. The number of hydrazine groups is 1. The zero-order valence-electron chi connectivity index (χ0n) is 19.9. The van der Waals surface area contributed by atoms with E-state index in [1.54, 1.807) is 6.07 Å². The summed E-state index contributed by atoms with van der Waals surface area (Å²) in [6.07, 6.45) is 2.08. The molecule has 1 atom stereocenters. The predicted molar refractivity (Wildman–Crippen MR) is 135 cm³/mol. The lowest BCUT2D eigenvalue weighted by Crippen LogP contribution is -2.40. The van der Waals surface area contributed by atoms with Crippen molar-refractivity contribution in [1.82, 2.24) is 15.4 Å². The first-order valence-electron chi connectivity index (χ1n) is 11.7. The van der Waals surface area contributed by atoms with Crippen LogP contribution in [-0.2, 0) is 6.42 Å². The Morgan fingerprint density at radius 2 is 2.09 bits per heavy atom. The van der Waals surface area contributed by atoms with Gasteiger partial charge in [0.2, 0.25) is 0 Å². The molecular formula is C27H30N4O2S. The molecule has 7 heteroatoms. The van der Waals surface area contributed by atoms with Crippen LogP contribution in [0.25, 0.3) is 10.6 Å². The standard InChI is InChI=1S/C27H30N4O2S/c1-18(2)17-33-24-10-9-22(14-23(24)15-28)27-29-19(3)25(34-27)26(32)30-31-12-11-21(16-31)13-20-7-5-4-6-8-20/h4-10,14,18,21H,11-13,16-17H2,1-3H3,(H,30,32). The van der Waals surface area contributed by atoms with E-state index in [-0.39, 0.29) is 5.91 Å². The van der Waals surface area contributed by atoms with Crippen LogP contribution in [0.2, 0.25) is 0 Å². The normalized spacial score (nSPS) is 15.9. The van der Waals surface area contributed by atoms with E-state index in [2.05, 4.69) is 54.6 Å². The summed E-state index contributed by atoms with van der Waals surface area (Å²) in [5.74, 6) is 1.35. The third-order valence-corrected chi connectivity index (χ3v) is 7.04. The number of amides is 1. The van der Waals surface area contributed by atoms with Gasteiger partial charge in [-0.25, -0.2) is 9.99 Å². The molecule has 1 aliphatic rings. The summed E-state index contributed by atoms with van der Waals surface area (Å²) in [4.78, 5) is 18.2. The van der Waals surface area contributed by atoms with Crippen molar-refractivity contribution in [3.05, 3.63) is 70.2 Å². The van der Waals surface area contributed by atoms with Crippen LogP contribution in [0.5, 0.6) is 5.75 Å². The molecule has 0 spiro atoms. The van der Waals surface area contributed by atoms with Gasteiger partial charge in [-0.1, -0.05) is 44.2 Å². The van der Waals surface area contributed by atoms with Gasteiger partial charge in [0.05, 0.1) is 17.9 Å². The average molecular weight is 475 g/mol.